The number of carbonyl (C=O) groups excluding carboxylic acids is 2. The van der Waals surface area contributed by atoms with Gasteiger partial charge in [0, 0.05) is 53.1 Å². The van der Waals surface area contributed by atoms with Crippen LogP contribution in [0.15, 0.2) is 36.1 Å². The van der Waals surface area contributed by atoms with Crippen molar-refractivity contribution < 1.29 is 9.59 Å². The average molecular weight is 424 g/mol. The van der Waals surface area contributed by atoms with Crippen molar-refractivity contribution in [1.82, 2.24) is 25.7 Å². The maximum absolute atomic E-state index is 11.9. The van der Waals surface area contributed by atoms with Crippen LogP contribution in [-0.2, 0) is 0 Å². The topological polar surface area (TPSA) is 135 Å². The number of rotatable bonds is 6. The summed E-state index contributed by atoms with van der Waals surface area (Å²) in [6.07, 6.45) is 7.07. The second kappa shape index (κ2) is 8.56. The molecule has 1 aliphatic rings. The van der Waals surface area contributed by atoms with Crippen molar-refractivity contribution in [3.63, 3.8) is 0 Å². The maximum Gasteiger partial charge on any atom is 0.320 e. The highest BCUT2D eigenvalue weighted by Crippen LogP contribution is 2.43. The van der Waals surface area contributed by atoms with E-state index in [1.807, 2.05) is 6.92 Å². The molecule has 0 atom stereocenters. The van der Waals surface area contributed by atoms with E-state index in [0.29, 0.717) is 29.4 Å². The summed E-state index contributed by atoms with van der Waals surface area (Å²) in [6.45, 7) is 2.35. The van der Waals surface area contributed by atoms with Crippen molar-refractivity contribution in [2.24, 2.45) is 5.84 Å². The fourth-order valence-electron chi connectivity index (χ4n) is 3.02. The number of anilines is 1. The van der Waals surface area contributed by atoms with E-state index < -0.39 is 5.91 Å². The Balaban J connectivity index is 1.77. The summed E-state index contributed by atoms with van der Waals surface area (Å²) in [4.78, 5) is 37.2. The number of hydrazine groups is 1. The second-order valence-electron chi connectivity index (χ2n) is 6.89. The van der Waals surface area contributed by atoms with Crippen LogP contribution in [0.5, 0.6) is 0 Å². The molecule has 1 fully saturated rings. The van der Waals surface area contributed by atoms with Crippen LogP contribution in [0.4, 0.5) is 10.6 Å². The van der Waals surface area contributed by atoms with Gasteiger partial charge in [-0.25, -0.2) is 20.6 Å². The molecule has 3 amide bonds. The number of carbonyl (C=O) groups is 2. The Morgan fingerprint density at radius 2 is 2.03 bits per heavy atom. The minimum Gasteiger partial charge on any atom is -0.338 e. The molecule has 4 rings (SSSR count). The molecule has 3 heterocycles. The number of urea groups is 1. The van der Waals surface area contributed by atoms with Gasteiger partial charge in [-0.15, -0.1) is 11.3 Å². The number of amides is 3. The Bertz CT molecular complexity index is 1090. The van der Waals surface area contributed by atoms with Gasteiger partial charge < -0.3 is 5.32 Å². The lowest BCUT2D eigenvalue weighted by Crippen LogP contribution is -2.30. The first kappa shape index (κ1) is 19.9. The molecule has 3 aromatic rings. The molecule has 0 aliphatic heterocycles. The predicted octanol–water partition coefficient (Wildman–Crippen LogP) is 2.89. The van der Waals surface area contributed by atoms with E-state index in [2.05, 4.69) is 31.4 Å². The van der Waals surface area contributed by atoms with Crippen molar-refractivity contribution in [1.29, 1.82) is 0 Å². The highest BCUT2D eigenvalue weighted by molar-refractivity contribution is 7.13. The normalized spacial score (nSPS) is 13.0. The minimum atomic E-state index is -0.432. The quantitative estimate of drug-likeness (QED) is 0.273. The van der Waals surface area contributed by atoms with Crippen LogP contribution in [0, 0.1) is 0 Å². The molecule has 1 aliphatic carbocycles. The third-order valence-corrected chi connectivity index (χ3v) is 5.57. The molecule has 0 spiro atoms. The van der Waals surface area contributed by atoms with Gasteiger partial charge in [-0.1, -0.05) is 0 Å². The van der Waals surface area contributed by atoms with Crippen LogP contribution in [0.2, 0.25) is 0 Å². The first-order valence-corrected chi connectivity index (χ1v) is 10.4. The van der Waals surface area contributed by atoms with Crippen LogP contribution in [-0.4, -0.2) is 33.4 Å². The number of nitrogens with one attached hydrogen (secondary N) is 3. The van der Waals surface area contributed by atoms with Gasteiger partial charge in [0.05, 0.1) is 11.3 Å². The molecule has 3 aromatic heterocycles. The van der Waals surface area contributed by atoms with Crippen molar-refractivity contribution in [3.05, 3.63) is 47.4 Å². The SMILES string of the molecule is CCNC(=O)Nc1cc(-c2nc(C3CC3)cs2)c(-c2cncc(C(=O)NN)c2)cn1. The van der Waals surface area contributed by atoms with E-state index in [9.17, 15) is 9.59 Å². The molecule has 154 valence electrons. The Labute approximate surface area is 177 Å². The summed E-state index contributed by atoms with van der Waals surface area (Å²) in [5.41, 5.74) is 5.80. The van der Waals surface area contributed by atoms with Crippen LogP contribution in [0.25, 0.3) is 21.7 Å². The molecular weight excluding hydrogens is 402 g/mol. The predicted molar refractivity (Wildman–Crippen MR) is 115 cm³/mol. The van der Waals surface area contributed by atoms with E-state index >= 15 is 0 Å². The van der Waals surface area contributed by atoms with Gasteiger partial charge in [0.2, 0.25) is 0 Å². The molecule has 5 N–H and O–H groups in total. The molecule has 10 heteroatoms. The fraction of sp³-hybridized carbons (Fsp3) is 0.250. The standard InChI is InChI=1S/C20H21N7O2S/c1-2-23-20(29)26-17-6-14(19-25-16(10-30-19)11-3-4-11)15(9-24-17)12-5-13(8-22-7-12)18(28)27-21/h5-11H,2-4,21H2,1H3,(H,27,28)(H2,23,24,26,29). The highest BCUT2D eigenvalue weighted by Gasteiger charge is 2.27. The van der Waals surface area contributed by atoms with E-state index in [0.717, 1.165) is 34.7 Å². The number of pyridine rings is 2. The number of nitrogens with zero attached hydrogens (tertiary/aromatic N) is 3. The van der Waals surface area contributed by atoms with Crippen LogP contribution < -0.4 is 21.9 Å². The zero-order chi connectivity index (χ0) is 21.1. The van der Waals surface area contributed by atoms with Crippen molar-refractivity contribution >= 4 is 29.1 Å². The molecule has 30 heavy (non-hydrogen) atoms. The van der Waals surface area contributed by atoms with Gasteiger partial charge in [-0.3, -0.25) is 20.5 Å². The number of nitrogens with two attached hydrogens (primary N) is 1. The van der Waals surface area contributed by atoms with Crippen LogP contribution in [0.3, 0.4) is 0 Å². The lowest BCUT2D eigenvalue weighted by atomic mass is 10.0. The van der Waals surface area contributed by atoms with Gasteiger partial charge >= 0.3 is 6.03 Å². The number of hydrogen-bond acceptors (Lipinski definition) is 7. The Hall–Kier alpha value is -3.37. The average Bonchev–Trinajstić information content (AvgIpc) is 3.50. The lowest BCUT2D eigenvalue weighted by Gasteiger charge is -2.11. The van der Waals surface area contributed by atoms with Gasteiger partial charge in [-0.2, -0.15) is 0 Å². The molecule has 0 unspecified atom stereocenters. The summed E-state index contributed by atoms with van der Waals surface area (Å²) in [5.74, 6) is 5.76. The molecule has 9 nitrogen and oxygen atoms in total. The third kappa shape index (κ3) is 4.29. The van der Waals surface area contributed by atoms with E-state index in [1.54, 1.807) is 35.9 Å². The minimum absolute atomic E-state index is 0.329. The van der Waals surface area contributed by atoms with E-state index in [1.165, 1.54) is 6.20 Å². The van der Waals surface area contributed by atoms with Gasteiger partial charge in [-0.05, 0) is 31.9 Å². The summed E-state index contributed by atoms with van der Waals surface area (Å²) >= 11 is 1.55. The van der Waals surface area contributed by atoms with Gasteiger partial charge in [0.1, 0.15) is 10.8 Å². The second-order valence-corrected chi connectivity index (χ2v) is 7.75. The first-order chi connectivity index (χ1) is 14.6. The monoisotopic (exact) mass is 423 g/mol. The zero-order valence-electron chi connectivity index (χ0n) is 16.3. The Morgan fingerprint density at radius 1 is 1.20 bits per heavy atom. The zero-order valence-corrected chi connectivity index (χ0v) is 17.1. The summed E-state index contributed by atoms with van der Waals surface area (Å²) in [6, 6.07) is 3.15. The van der Waals surface area contributed by atoms with E-state index in [4.69, 9.17) is 10.8 Å². The number of aromatic nitrogens is 3. The van der Waals surface area contributed by atoms with Crippen molar-refractivity contribution in [3.8, 4) is 21.7 Å². The molecule has 0 aromatic carbocycles. The lowest BCUT2D eigenvalue weighted by molar-refractivity contribution is 0.0953. The summed E-state index contributed by atoms with van der Waals surface area (Å²) in [7, 11) is 0. The van der Waals surface area contributed by atoms with Crippen molar-refractivity contribution in [2.45, 2.75) is 25.7 Å². The van der Waals surface area contributed by atoms with Crippen LogP contribution in [0.1, 0.15) is 41.7 Å². The Kier molecular flexibility index (Phi) is 5.68. The fourth-order valence-corrected chi connectivity index (χ4v) is 3.95. The summed E-state index contributed by atoms with van der Waals surface area (Å²) in [5, 5.41) is 8.31. The van der Waals surface area contributed by atoms with Gasteiger partial charge in [0.15, 0.2) is 0 Å². The highest BCUT2D eigenvalue weighted by atomic mass is 32.1. The molecule has 1 saturated carbocycles. The number of nitrogen functional groups attached to an aromatic ring is 1. The smallest absolute Gasteiger partial charge is 0.320 e. The Morgan fingerprint density at radius 3 is 2.77 bits per heavy atom. The molecular formula is C20H21N7O2S. The van der Waals surface area contributed by atoms with Crippen molar-refractivity contribution in [2.75, 3.05) is 11.9 Å². The first-order valence-electron chi connectivity index (χ1n) is 9.56. The largest absolute Gasteiger partial charge is 0.338 e. The molecule has 0 radical (unpaired) electrons. The van der Waals surface area contributed by atoms with E-state index in [-0.39, 0.29) is 6.03 Å². The molecule has 0 saturated heterocycles. The molecule has 0 bridgehead atoms. The summed E-state index contributed by atoms with van der Waals surface area (Å²) < 4.78 is 0. The van der Waals surface area contributed by atoms with Gasteiger partial charge in [0.25, 0.3) is 5.91 Å². The van der Waals surface area contributed by atoms with Crippen LogP contribution >= 0.6 is 11.3 Å². The third-order valence-electron chi connectivity index (χ3n) is 4.67. The number of thiazole rings is 1. The maximum atomic E-state index is 11.9. The number of hydrogen-bond donors (Lipinski definition) is 4.